The SMILES string of the molecule is CCOP(=O)(C/C=C/COC(=O)CC(C)=O)OCC. The Morgan fingerprint density at radius 3 is 2.16 bits per heavy atom. The molecule has 0 heterocycles. The molecule has 0 N–H and O–H groups in total. The molecule has 0 saturated carbocycles. The number of esters is 1. The summed E-state index contributed by atoms with van der Waals surface area (Å²) in [6, 6.07) is 0. The molecule has 0 bridgehead atoms. The molecule has 0 aliphatic heterocycles. The number of allylic oxidation sites excluding steroid dienone is 1. The maximum atomic E-state index is 12.0. The lowest BCUT2D eigenvalue weighted by atomic mass is 10.3. The lowest BCUT2D eigenvalue weighted by Crippen LogP contribution is -2.08. The molecule has 0 rings (SSSR count). The van der Waals surface area contributed by atoms with Gasteiger partial charge in [-0.15, -0.1) is 0 Å². The minimum absolute atomic E-state index is 0.0321. The molecule has 19 heavy (non-hydrogen) atoms. The van der Waals surface area contributed by atoms with Crippen LogP contribution in [0, 0.1) is 0 Å². The average Bonchev–Trinajstić information content (AvgIpc) is 2.28. The summed E-state index contributed by atoms with van der Waals surface area (Å²) >= 11 is 0. The van der Waals surface area contributed by atoms with Crippen molar-refractivity contribution in [3.8, 4) is 0 Å². The first-order chi connectivity index (χ1) is 8.93. The van der Waals surface area contributed by atoms with Crippen LogP contribution in [0.5, 0.6) is 0 Å². The largest absolute Gasteiger partial charge is 0.461 e. The number of carbonyl (C=O) groups excluding carboxylic acids is 2. The second-order valence-corrected chi connectivity index (χ2v) is 5.77. The zero-order valence-corrected chi connectivity index (χ0v) is 12.5. The van der Waals surface area contributed by atoms with Crippen LogP contribution in [-0.2, 0) is 27.9 Å². The van der Waals surface area contributed by atoms with Crippen molar-refractivity contribution in [1.29, 1.82) is 0 Å². The Kier molecular flexibility index (Phi) is 9.39. The van der Waals surface area contributed by atoms with E-state index >= 15 is 0 Å². The molecule has 0 aromatic rings. The smallest absolute Gasteiger partial charge is 0.334 e. The highest BCUT2D eigenvalue weighted by Gasteiger charge is 2.20. The molecule has 0 aromatic heterocycles. The van der Waals surface area contributed by atoms with E-state index in [1.807, 2.05) is 0 Å². The molecule has 0 radical (unpaired) electrons. The Morgan fingerprint density at radius 1 is 1.11 bits per heavy atom. The molecule has 0 aliphatic carbocycles. The average molecular weight is 292 g/mol. The molecule has 0 saturated heterocycles. The van der Waals surface area contributed by atoms with Crippen molar-refractivity contribution in [3.63, 3.8) is 0 Å². The van der Waals surface area contributed by atoms with E-state index in [4.69, 9.17) is 13.8 Å². The van der Waals surface area contributed by atoms with Gasteiger partial charge in [0.25, 0.3) is 0 Å². The van der Waals surface area contributed by atoms with Gasteiger partial charge in [-0.05, 0) is 20.8 Å². The van der Waals surface area contributed by atoms with E-state index < -0.39 is 13.6 Å². The van der Waals surface area contributed by atoms with Gasteiger partial charge in [0.05, 0.1) is 19.4 Å². The van der Waals surface area contributed by atoms with E-state index in [2.05, 4.69) is 0 Å². The molecule has 0 amide bonds. The molecule has 0 fully saturated rings. The molecule has 0 aromatic carbocycles. The summed E-state index contributed by atoms with van der Waals surface area (Å²) in [7, 11) is -3.09. The Hall–Kier alpha value is -0.970. The maximum absolute atomic E-state index is 12.0. The van der Waals surface area contributed by atoms with E-state index in [1.54, 1.807) is 26.0 Å². The summed E-state index contributed by atoms with van der Waals surface area (Å²) in [5, 5.41) is 0. The lowest BCUT2D eigenvalue weighted by molar-refractivity contribution is -0.144. The van der Waals surface area contributed by atoms with Crippen LogP contribution in [-0.4, -0.2) is 37.7 Å². The fourth-order valence-corrected chi connectivity index (χ4v) is 2.68. The van der Waals surface area contributed by atoms with E-state index in [0.717, 1.165) is 0 Å². The van der Waals surface area contributed by atoms with E-state index in [0.29, 0.717) is 13.2 Å². The molecule has 0 aliphatic rings. The summed E-state index contributed by atoms with van der Waals surface area (Å²) in [4.78, 5) is 21.7. The van der Waals surface area contributed by atoms with E-state index in [-0.39, 0.29) is 25.0 Å². The third-order valence-corrected chi connectivity index (χ3v) is 3.84. The van der Waals surface area contributed by atoms with Gasteiger partial charge in [0, 0.05) is 0 Å². The summed E-state index contributed by atoms with van der Waals surface area (Å²) in [5.74, 6) is -0.818. The first-order valence-electron chi connectivity index (χ1n) is 6.11. The van der Waals surface area contributed by atoms with Gasteiger partial charge in [0.1, 0.15) is 18.8 Å². The number of ketones is 1. The van der Waals surface area contributed by atoms with Crippen molar-refractivity contribution in [2.75, 3.05) is 26.0 Å². The van der Waals surface area contributed by atoms with Crippen LogP contribution in [0.4, 0.5) is 0 Å². The third kappa shape index (κ3) is 9.59. The molecule has 0 spiro atoms. The first kappa shape index (κ1) is 18.0. The van der Waals surface area contributed by atoms with Gasteiger partial charge in [-0.3, -0.25) is 14.2 Å². The fraction of sp³-hybridized carbons (Fsp3) is 0.667. The number of Topliss-reactive ketones (excluding diaryl/α,β-unsaturated/α-hetero) is 1. The number of rotatable bonds is 10. The van der Waals surface area contributed by atoms with Crippen molar-refractivity contribution < 1.29 is 27.9 Å². The van der Waals surface area contributed by atoms with Crippen LogP contribution >= 0.6 is 7.60 Å². The quantitative estimate of drug-likeness (QED) is 0.266. The lowest BCUT2D eigenvalue weighted by Gasteiger charge is -2.14. The minimum Gasteiger partial charge on any atom is -0.461 e. The highest BCUT2D eigenvalue weighted by atomic mass is 31.2. The Labute approximate surface area is 113 Å². The van der Waals surface area contributed by atoms with Gasteiger partial charge in [0.15, 0.2) is 0 Å². The number of hydrogen-bond donors (Lipinski definition) is 0. The Balaban J connectivity index is 4.03. The van der Waals surface area contributed by atoms with Crippen LogP contribution in [0.2, 0.25) is 0 Å². The fourth-order valence-electron chi connectivity index (χ4n) is 1.20. The Morgan fingerprint density at radius 2 is 1.68 bits per heavy atom. The number of hydrogen-bond acceptors (Lipinski definition) is 6. The van der Waals surface area contributed by atoms with Crippen LogP contribution in [0.25, 0.3) is 0 Å². The Bertz CT molecular complexity index is 353. The summed E-state index contributed by atoms with van der Waals surface area (Å²) in [6.45, 7) is 5.43. The highest BCUT2D eigenvalue weighted by Crippen LogP contribution is 2.47. The molecule has 7 heteroatoms. The molecule has 0 unspecified atom stereocenters. The van der Waals surface area contributed by atoms with Gasteiger partial charge in [0.2, 0.25) is 0 Å². The number of ether oxygens (including phenoxy) is 1. The van der Waals surface area contributed by atoms with Crippen LogP contribution in [0.3, 0.4) is 0 Å². The maximum Gasteiger partial charge on any atom is 0.334 e. The van der Waals surface area contributed by atoms with Crippen LogP contribution < -0.4 is 0 Å². The van der Waals surface area contributed by atoms with Gasteiger partial charge in [-0.25, -0.2) is 0 Å². The van der Waals surface area contributed by atoms with Gasteiger partial charge in [-0.2, -0.15) is 0 Å². The summed E-state index contributed by atoms with van der Waals surface area (Å²) in [6.07, 6.45) is 3.01. The summed E-state index contributed by atoms with van der Waals surface area (Å²) in [5.41, 5.74) is 0. The zero-order chi connectivity index (χ0) is 14.7. The first-order valence-corrected chi connectivity index (χ1v) is 7.84. The second kappa shape index (κ2) is 9.89. The van der Waals surface area contributed by atoms with Crippen molar-refractivity contribution in [3.05, 3.63) is 12.2 Å². The van der Waals surface area contributed by atoms with E-state index in [9.17, 15) is 14.2 Å². The van der Waals surface area contributed by atoms with Crippen molar-refractivity contribution >= 4 is 19.3 Å². The predicted molar refractivity (Wildman–Crippen MR) is 71.1 cm³/mol. The topological polar surface area (TPSA) is 78.9 Å². The highest BCUT2D eigenvalue weighted by molar-refractivity contribution is 7.54. The molecule has 6 nitrogen and oxygen atoms in total. The zero-order valence-electron chi connectivity index (χ0n) is 11.6. The molecule has 110 valence electrons. The summed E-state index contributed by atoms with van der Waals surface area (Å²) < 4.78 is 26.9. The molecule has 0 atom stereocenters. The predicted octanol–water partition coefficient (Wildman–Crippen LogP) is 2.33. The van der Waals surface area contributed by atoms with Gasteiger partial charge in [-0.1, -0.05) is 12.2 Å². The second-order valence-electron chi connectivity index (χ2n) is 3.66. The van der Waals surface area contributed by atoms with Gasteiger partial charge < -0.3 is 13.8 Å². The van der Waals surface area contributed by atoms with Crippen molar-refractivity contribution in [1.82, 2.24) is 0 Å². The third-order valence-electron chi connectivity index (χ3n) is 1.88. The van der Waals surface area contributed by atoms with Crippen LogP contribution in [0.1, 0.15) is 27.2 Å². The monoisotopic (exact) mass is 292 g/mol. The van der Waals surface area contributed by atoms with E-state index in [1.165, 1.54) is 6.92 Å². The van der Waals surface area contributed by atoms with Crippen molar-refractivity contribution in [2.45, 2.75) is 27.2 Å². The van der Waals surface area contributed by atoms with Crippen LogP contribution in [0.15, 0.2) is 12.2 Å². The minimum atomic E-state index is -3.09. The number of carbonyl (C=O) groups is 2. The molecular formula is C12H21O6P. The normalized spacial score (nSPS) is 11.7. The van der Waals surface area contributed by atoms with Crippen molar-refractivity contribution in [2.24, 2.45) is 0 Å². The van der Waals surface area contributed by atoms with Gasteiger partial charge >= 0.3 is 13.6 Å². The molecular weight excluding hydrogens is 271 g/mol. The standard InChI is InChI=1S/C12H21O6P/c1-4-17-19(15,18-5-2)9-7-6-8-16-12(14)10-11(3)13/h6-7H,4-5,8-10H2,1-3H3/b7-6+.